The minimum Gasteiger partial charge on any atom is -0.356 e. The van der Waals surface area contributed by atoms with Crippen molar-refractivity contribution >= 4 is 17.7 Å². The maximum atomic E-state index is 12.8. The number of benzene rings is 1. The summed E-state index contributed by atoms with van der Waals surface area (Å²) in [5.41, 5.74) is 4.60. The maximum Gasteiger partial charge on any atom is 0.255 e. The number of hydrogen-bond acceptors (Lipinski definition) is 6. The normalized spacial score (nSPS) is 18.5. The van der Waals surface area contributed by atoms with Gasteiger partial charge in [0.25, 0.3) is 5.91 Å². The Morgan fingerprint density at radius 1 is 1.10 bits per heavy atom. The van der Waals surface area contributed by atoms with E-state index in [0.29, 0.717) is 30.0 Å². The van der Waals surface area contributed by atoms with Crippen molar-refractivity contribution in [3.8, 4) is 22.7 Å². The molecule has 0 saturated carbocycles. The van der Waals surface area contributed by atoms with E-state index in [1.54, 1.807) is 18.3 Å². The molecule has 0 bridgehead atoms. The van der Waals surface area contributed by atoms with Crippen LogP contribution in [0.1, 0.15) is 34.3 Å². The number of carbonyl (C=O) groups is 3. The highest BCUT2D eigenvalue weighted by atomic mass is 16.5. The first kappa shape index (κ1) is 18.2. The van der Waals surface area contributed by atoms with Crippen molar-refractivity contribution < 1.29 is 18.9 Å². The number of aryl methyl sites for hydroxylation is 1. The minimum absolute atomic E-state index is 0.201. The minimum atomic E-state index is -0.629. The number of rotatable bonds is 3. The summed E-state index contributed by atoms with van der Waals surface area (Å²) in [5, 5.41) is 6.43. The highest BCUT2D eigenvalue weighted by Crippen LogP contribution is 2.32. The van der Waals surface area contributed by atoms with Gasteiger partial charge in [-0.2, -0.15) is 0 Å². The highest BCUT2D eigenvalue weighted by Gasteiger charge is 2.39. The second-order valence-corrected chi connectivity index (χ2v) is 7.57. The van der Waals surface area contributed by atoms with Gasteiger partial charge in [0.15, 0.2) is 5.76 Å². The number of carbonyl (C=O) groups excluding carboxylic acids is 3. The number of aromatic nitrogens is 2. The first-order chi connectivity index (χ1) is 14.5. The molecule has 8 heteroatoms. The number of pyridine rings is 1. The van der Waals surface area contributed by atoms with Crippen LogP contribution in [0.4, 0.5) is 0 Å². The van der Waals surface area contributed by atoms with E-state index in [9.17, 15) is 14.4 Å². The molecule has 1 unspecified atom stereocenters. The van der Waals surface area contributed by atoms with Gasteiger partial charge in [0, 0.05) is 36.4 Å². The summed E-state index contributed by atoms with van der Waals surface area (Å²) in [6.45, 7) is 2.30. The number of imide groups is 1. The molecule has 0 spiro atoms. The van der Waals surface area contributed by atoms with Crippen LogP contribution in [0.2, 0.25) is 0 Å². The molecular weight excluding hydrogens is 384 g/mol. The molecule has 3 aromatic rings. The lowest BCUT2D eigenvalue weighted by atomic mass is 10.0. The van der Waals surface area contributed by atoms with E-state index in [-0.39, 0.29) is 18.2 Å². The highest BCUT2D eigenvalue weighted by molar-refractivity contribution is 6.05. The number of amides is 3. The number of fused-ring (bicyclic) bond motifs is 1. The Balaban J connectivity index is 1.41. The Bertz CT molecular complexity index is 1200. The summed E-state index contributed by atoms with van der Waals surface area (Å²) in [6.07, 6.45) is 2.30. The lowest BCUT2D eigenvalue weighted by Crippen LogP contribution is -2.52. The fourth-order valence-corrected chi connectivity index (χ4v) is 3.94. The standard InChI is InChI=1S/C22H18N4O4/c1-12-6-7-23-16(8-12)17-10-19(30-25-17)13-2-3-15-14(9-13)11-26(22(15)29)18-4-5-20(27)24-21(18)28/h2-3,6-10,18H,4-5,11H2,1H3,(H,24,27,28). The van der Waals surface area contributed by atoms with Crippen molar-refractivity contribution in [2.24, 2.45) is 0 Å². The predicted octanol–water partition coefficient (Wildman–Crippen LogP) is 2.47. The Morgan fingerprint density at radius 2 is 1.97 bits per heavy atom. The van der Waals surface area contributed by atoms with Crippen LogP contribution in [0.25, 0.3) is 22.7 Å². The van der Waals surface area contributed by atoms with Crippen LogP contribution in [0, 0.1) is 6.92 Å². The molecule has 2 aliphatic heterocycles. The van der Waals surface area contributed by atoms with Gasteiger partial charge in [0.1, 0.15) is 11.7 Å². The van der Waals surface area contributed by atoms with E-state index >= 15 is 0 Å². The summed E-state index contributed by atoms with van der Waals surface area (Å²) in [7, 11) is 0. The zero-order valence-electron chi connectivity index (χ0n) is 16.2. The molecule has 0 radical (unpaired) electrons. The van der Waals surface area contributed by atoms with E-state index < -0.39 is 11.9 Å². The molecule has 150 valence electrons. The van der Waals surface area contributed by atoms with Crippen LogP contribution < -0.4 is 5.32 Å². The van der Waals surface area contributed by atoms with Gasteiger partial charge in [0.05, 0.1) is 5.69 Å². The van der Waals surface area contributed by atoms with Gasteiger partial charge in [0.2, 0.25) is 11.8 Å². The molecule has 2 aliphatic rings. The van der Waals surface area contributed by atoms with Crippen molar-refractivity contribution in [1.29, 1.82) is 0 Å². The first-order valence-electron chi connectivity index (χ1n) is 9.67. The van der Waals surface area contributed by atoms with Crippen LogP contribution in [0.3, 0.4) is 0 Å². The molecule has 8 nitrogen and oxygen atoms in total. The fraction of sp³-hybridized carbons (Fsp3) is 0.227. The van der Waals surface area contributed by atoms with E-state index in [0.717, 1.165) is 22.4 Å². The van der Waals surface area contributed by atoms with Crippen molar-refractivity contribution in [3.05, 3.63) is 59.3 Å². The van der Waals surface area contributed by atoms with E-state index in [4.69, 9.17) is 4.52 Å². The topological polar surface area (TPSA) is 105 Å². The smallest absolute Gasteiger partial charge is 0.255 e. The van der Waals surface area contributed by atoms with Gasteiger partial charge in [-0.25, -0.2) is 0 Å². The second kappa shape index (κ2) is 6.91. The molecule has 4 heterocycles. The summed E-state index contributed by atoms with van der Waals surface area (Å²) < 4.78 is 5.51. The van der Waals surface area contributed by atoms with Gasteiger partial charge in [-0.05, 0) is 48.7 Å². The fourth-order valence-electron chi connectivity index (χ4n) is 3.94. The molecular formula is C22H18N4O4. The molecule has 2 aromatic heterocycles. The number of hydrogen-bond donors (Lipinski definition) is 1. The van der Waals surface area contributed by atoms with E-state index in [1.807, 2.05) is 31.2 Å². The largest absolute Gasteiger partial charge is 0.356 e. The molecule has 1 atom stereocenters. The molecule has 30 heavy (non-hydrogen) atoms. The molecule has 1 saturated heterocycles. The number of nitrogens with zero attached hydrogens (tertiary/aromatic N) is 3. The average Bonchev–Trinajstić information content (AvgIpc) is 3.33. The van der Waals surface area contributed by atoms with Gasteiger partial charge < -0.3 is 9.42 Å². The molecule has 0 aliphatic carbocycles. The van der Waals surface area contributed by atoms with Crippen LogP contribution in [-0.4, -0.2) is 38.8 Å². The zero-order valence-corrected chi connectivity index (χ0v) is 16.2. The molecule has 3 amide bonds. The Labute approximate surface area is 171 Å². The SMILES string of the molecule is Cc1ccnc(-c2cc(-c3ccc4c(c3)CN(C3CCC(=O)NC3=O)C4=O)on2)c1. The Kier molecular flexibility index (Phi) is 4.20. The average molecular weight is 402 g/mol. The summed E-state index contributed by atoms with van der Waals surface area (Å²) in [6, 6.07) is 10.5. The van der Waals surface area contributed by atoms with Crippen molar-refractivity contribution in [3.63, 3.8) is 0 Å². The van der Waals surface area contributed by atoms with Gasteiger partial charge in [-0.15, -0.1) is 0 Å². The third kappa shape index (κ3) is 3.06. The van der Waals surface area contributed by atoms with Gasteiger partial charge in [-0.1, -0.05) is 11.2 Å². The monoisotopic (exact) mass is 402 g/mol. The Hall–Kier alpha value is -3.81. The third-order valence-corrected chi connectivity index (χ3v) is 5.50. The third-order valence-electron chi connectivity index (χ3n) is 5.50. The van der Waals surface area contributed by atoms with Crippen molar-refractivity contribution in [1.82, 2.24) is 20.4 Å². The molecule has 1 aromatic carbocycles. The number of piperidine rings is 1. The molecule has 5 rings (SSSR count). The van der Waals surface area contributed by atoms with E-state index in [2.05, 4.69) is 15.5 Å². The first-order valence-corrected chi connectivity index (χ1v) is 9.67. The molecule has 1 N–H and O–H groups in total. The molecule has 1 fully saturated rings. The second-order valence-electron chi connectivity index (χ2n) is 7.57. The summed E-state index contributed by atoms with van der Waals surface area (Å²) in [5.74, 6) is -0.346. The van der Waals surface area contributed by atoms with Gasteiger partial charge >= 0.3 is 0 Å². The maximum absolute atomic E-state index is 12.8. The summed E-state index contributed by atoms with van der Waals surface area (Å²) in [4.78, 5) is 42.2. The van der Waals surface area contributed by atoms with E-state index in [1.165, 1.54) is 4.90 Å². The van der Waals surface area contributed by atoms with Crippen LogP contribution >= 0.6 is 0 Å². The van der Waals surface area contributed by atoms with Crippen molar-refractivity contribution in [2.45, 2.75) is 32.4 Å². The van der Waals surface area contributed by atoms with Crippen LogP contribution in [0.5, 0.6) is 0 Å². The van der Waals surface area contributed by atoms with Crippen molar-refractivity contribution in [2.75, 3.05) is 0 Å². The zero-order chi connectivity index (χ0) is 20.8. The van der Waals surface area contributed by atoms with Crippen LogP contribution in [0.15, 0.2) is 47.1 Å². The van der Waals surface area contributed by atoms with Gasteiger partial charge in [-0.3, -0.25) is 24.7 Å². The summed E-state index contributed by atoms with van der Waals surface area (Å²) >= 11 is 0. The number of nitrogens with one attached hydrogen (secondary N) is 1. The quantitative estimate of drug-likeness (QED) is 0.675. The lowest BCUT2D eigenvalue weighted by Gasteiger charge is -2.29. The lowest BCUT2D eigenvalue weighted by molar-refractivity contribution is -0.136. The Morgan fingerprint density at radius 3 is 2.77 bits per heavy atom. The predicted molar refractivity (Wildman–Crippen MR) is 106 cm³/mol. The van der Waals surface area contributed by atoms with Crippen LogP contribution in [-0.2, 0) is 16.1 Å².